The van der Waals surface area contributed by atoms with Gasteiger partial charge in [0.05, 0.1) is 12.8 Å². The van der Waals surface area contributed by atoms with Gasteiger partial charge in [0.2, 0.25) is 5.88 Å². The van der Waals surface area contributed by atoms with Crippen LogP contribution in [0.15, 0.2) is 18.2 Å². The maximum absolute atomic E-state index is 5.06. The van der Waals surface area contributed by atoms with Crippen LogP contribution in [0.2, 0.25) is 0 Å². The molecule has 0 aliphatic carbocycles. The van der Waals surface area contributed by atoms with Gasteiger partial charge in [-0.05, 0) is 12.3 Å². The van der Waals surface area contributed by atoms with Gasteiger partial charge in [-0.2, -0.15) is 11.8 Å². The van der Waals surface area contributed by atoms with E-state index in [2.05, 4.69) is 23.5 Å². The largest absolute Gasteiger partial charge is 0.481 e. The second-order valence-electron chi connectivity index (χ2n) is 3.35. The summed E-state index contributed by atoms with van der Waals surface area (Å²) in [4.78, 5) is 4.32. The van der Waals surface area contributed by atoms with Crippen LogP contribution in [0.1, 0.15) is 12.6 Å². The van der Waals surface area contributed by atoms with E-state index in [4.69, 9.17) is 4.74 Å². The Hall–Kier alpha value is -0.740. The van der Waals surface area contributed by atoms with Gasteiger partial charge in [-0.3, -0.25) is 0 Å². The molecule has 0 bridgehead atoms. The number of nitrogens with one attached hydrogen (secondary N) is 1. The number of hydrogen-bond acceptors (Lipinski definition) is 4. The number of ether oxygens (including phenoxy) is 1. The van der Waals surface area contributed by atoms with Gasteiger partial charge >= 0.3 is 0 Å². The standard InChI is InChI=1S/C11H18N2OS/c1-9(15-3)7-12-8-10-5-4-6-11(13-10)14-2/h4-6,9,12H,7-8H2,1-3H3. The van der Waals surface area contributed by atoms with Gasteiger partial charge in [0.25, 0.3) is 0 Å². The van der Waals surface area contributed by atoms with Crippen molar-refractivity contribution >= 4 is 11.8 Å². The van der Waals surface area contributed by atoms with Gasteiger partial charge < -0.3 is 10.1 Å². The Balaban J connectivity index is 2.37. The first-order chi connectivity index (χ1) is 7.26. The van der Waals surface area contributed by atoms with E-state index in [1.807, 2.05) is 30.0 Å². The fourth-order valence-electron chi connectivity index (χ4n) is 1.16. The van der Waals surface area contributed by atoms with E-state index in [0.29, 0.717) is 11.1 Å². The fraction of sp³-hybridized carbons (Fsp3) is 0.545. The third kappa shape index (κ3) is 4.53. The Morgan fingerprint density at radius 1 is 1.53 bits per heavy atom. The molecule has 0 aliphatic heterocycles. The van der Waals surface area contributed by atoms with Gasteiger partial charge in [0, 0.05) is 24.4 Å². The van der Waals surface area contributed by atoms with Gasteiger partial charge in [0.1, 0.15) is 0 Å². The Kier molecular flexibility index (Phi) is 5.50. The summed E-state index contributed by atoms with van der Waals surface area (Å²) in [6, 6.07) is 5.81. The summed E-state index contributed by atoms with van der Waals surface area (Å²) in [5, 5.41) is 4.00. The highest BCUT2D eigenvalue weighted by molar-refractivity contribution is 7.99. The number of rotatable bonds is 6. The molecule has 0 spiro atoms. The van der Waals surface area contributed by atoms with Crippen molar-refractivity contribution in [2.75, 3.05) is 19.9 Å². The third-order valence-electron chi connectivity index (χ3n) is 2.13. The number of aromatic nitrogens is 1. The summed E-state index contributed by atoms with van der Waals surface area (Å²) in [7, 11) is 1.63. The van der Waals surface area contributed by atoms with Gasteiger partial charge in [0.15, 0.2) is 0 Å². The van der Waals surface area contributed by atoms with Crippen molar-refractivity contribution in [2.45, 2.75) is 18.7 Å². The van der Waals surface area contributed by atoms with Crippen molar-refractivity contribution in [3.8, 4) is 5.88 Å². The van der Waals surface area contributed by atoms with Crippen molar-refractivity contribution < 1.29 is 4.74 Å². The molecule has 0 aliphatic rings. The molecule has 1 N–H and O–H groups in total. The molecule has 0 aromatic carbocycles. The summed E-state index contributed by atoms with van der Waals surface area (Å²) in [5.74, 6) is 0.673. The second-order valence-corrected chi connectivity index (χ2v) is 4.62. The van der Waals surface area contributed by atoms with Crippen LogP contribution < -0.4 is 10.1 Å². The topological polar surface area (TPSA) is 34.1 Å². The van der Waals surface area contributed by atoms with E-state index in [9.17, 15) is 0 Å². The minimum atomic E-state index is 0.635. The minimum absolute atomic E-state index is 0.635. The first kappa shape index (κ1) is 12.3. The predicted octanol–water partition coefficient (Wildman–Crippen LogP) is 1.93. The van der Waals surface area contributed by atoms with Crippen molar-refractivity contribution in [1.29, 1.82) is 0 Å². The fourth-order valence-corrected chi connectivity index (χ4v) is 1.44. The monoisotopic (exact) mass is 226 g/mol. The van der Waals surface area contributed by atoms with Crippen LogP contribution in [0.4, 0.5) is 0 Å². The number of methoxy groups -OCH3 is 1. The molecule has 3 nitrogen and oxygen atoms in total. The van der Waals surface area contributed by atoms with Crippen molar-refractivity contribution in [3.05, 3.63) is 23.9 Å². The van der Waals surface area contributed by atoms with Crippen LogP contribution in [0.3, 0.4) is 0 Å². The highest BCUT2D eigenvalue weighted by atomic mass is 32.2. The number of hydrogen-bond donors (Lipinski definition) is 1. The molecule has 0 amide bonds. The van der Waals surface area contributed by atoms with E-state index >= 15 is 0 Å². The van der Waals surface area contributed by atoms with Crippen LogP contribution in [-0.2, 0) is 6.54 Å². The molecule has 1 heterocycles. The van der Waals surface area contributed by atoms with Crippen LogP contribution >= 0.6 is 11.8 Å². The summed E-state index contributed by atoms with van der Waals surface area (Å²) < 4.78 is 5.06. The lowest BCUT2D eigenvalue weighted by atomic mass is 10.3. The lowest BCUT2D eigenvalue weighted by molar-refractivity contribution is 0.395. The Labute approximate surface area is 95.6 Å². The molecule has 0 saturated heterocycles. The normalized spacial score (nSPS) is 12.5. The average Bonchev–Trinajstić information content (AvgIpc) is 2.29. The summed E-state index contributed by atoms with van der Waals surface area (Å²) in [6.07, 6.45) is 2.12. The molecule has 1 aromatic heterocycles. The molecule has 1 unspecified atom stereocenters. The summed E-state index contributed by atoms with van der Waals surface area (Å²) in [5.41, 5.74) is 1.02. The Bertz CT molecular complexity index is 294. The maximum Gasteiger partial charge on any atom is 0.213 e. The maximum atomic E-state index is 5.06. The van der Waals surface area contributed by atoms with Gasteiger partial charge in [-0.25, -0.2) is 4.98 Å². The Morgan fingerprint density at radius 2 is 2.33 bits per heavy atom. The van der Waals surface area contributed by atoms with E-state index in [1.54, 1.807) is 7.11 Å². The quantitative estimate of drug-likeness (QED) is 0.803. The SMILES string of the molecule is COc1cccc(CNCC(C)SC)n1. The smallest absolute Gasteiger partial charge is 0.213 e. The molecular formula is C11H18N2OS. The first-order valence-electron chi connectivity index (χ1n) is 4.99. The number of nitrogens with zero attached hydrogens (tertiary/aromatic N) is 1. The lowest BCUT2D eigenvalue weighted by Gasteiger charge is -2.09. The molecule has 0 fully saturated rings. The van der Waals surface area contributed by atoms with Crippen molar-refractivity contribution in [3.63, 3.8) is 0 Å². The summed E-state index contributed by atoms with van der Waals surface area (Å²) >= 11 is 1.86. The zero-order valence-corrected chi connectivity index (χ0v) is 10.3. The molecule has 1 aromatic rings. The van der Waals surface area contributed by atoms with Crippen molar-refractivity contribution in [1.82, 2.24) is 10.3 Å². The van der Waals surface area contributed by atoms with E-state index in [0.717, 1.165) is 18.8 Å². The molecule has 15 heavy (non-hydrogen) atoms. The zero-order chi connectivity index (χ0) is 11.1. The first-order valence-corrected chi connectivity index (χ1v) is 6.28. The zero-order valence-electron chi connectivity index (χ0n) is 9.49. The van der Waals surface area contributed by atoms with Crippen molar-refractivity contribution in [2.24, 2.45) is 0 Å². The van der Waals surface area contributed by atoms with E-state index < -0.39 is 0 Å². The Morgan fingerprint density at radius 3 is 3.00 bits per heavy atom. The van der Waals surface area contributed by atoms with Crippen LogP contribution in [0.25, 0.3) is 0 Å². The third-order valence-corrected chi connectivity index (χ3v) is 3.10. The lowest BCUT2D eigenvalue weighted by Crippen LogP contribution is -2.22. The predicted molar refractivity (Wildman–Crippen MR) is 65.5 cm³/mol. The van der Waals surface area contributed by atoms with Crippen LogP contribution in [0.5, 0.6) is 5.88 Å². The van der Waals surface area contributed by atoms with Crippen LogP contribution in [0, 0.1) is 0 Å². The molecule has 0 saturated carbocycles. The molecular weight excluding hydrogens is 208 g/mol. The molecule has 84 valence electrons. The van der Waals surface area contributed by atoms with E-state index in [-0.39, 0.29) is 0 Å². The molecule has 1 atom stereocenters. The highest BCUT2D eigenvalue weighted by Crippen LogP contribution is 2.07. The number of pyridine rings is 1. The highest BCUT2D eigenvalue weighted by Gasteiger charge is 2.00. The average molecular weight is 226 g/mol. The second kappa shape index (κ2) is 6.69. The van der Waals surface area contributed by atoms with Gasteiger partial charge in [-0.15, -0.1) is 0 Å². The van der Waals surface area contributed by atoms with Crippen LogP contribution in [-0.4, -0.2) is 30.1 Å². The molecule has 0 radical (unpaired) electrons. The number of thioether (sulfide) groups is 1. The van der Waals surface area contributed by atoms with Gasteiger partial charge in [-0.1, -0.05) is 13.0 Å². The summed E-state index contributed by atoms with van der Waals surface area (Å²) in [6.45, 7) is 4.00. The van der Waals surface area contributed by atoms with E-state index in [1.165, 1.54) is 0 Å². The molecule has 1 rings (SSSR count). The minimum Gasteiger partial charge on any atom is -0.481 e. The molecule has 4 heteroatoms.